The van der Waals surface area contributed by atoms with Gasteiger partial charge in [0.2, 0.25) is 0 Å². The van der Waals surface area contributed by atoms with E-state index in [0.29, 0.717) is 16.5 Å². The monoisotopic (exact) mass is 289 g/mol. The van der Waals surface area contributed by atoms with Gasteiger partial charge in [0, 0.05) is 16.6 Å². The minimum absolute atomic E-state index is 0.103. The third-order valence-corrected chi connectivity index (χ3v) is 3.49. The fourth-order valence-corrected chi connectivity index (χ4v) is 2.53. The van der Waals surface area contributed by atoms with Crippen LogP contribution in [0.1, 0.15) is 31.2 Å². The van der Waals surface area contributed by atoms with Gasteiger partial charge in [0.1, 0.15) is 0 Å². The number of carboxylic acid groups (broad SMARTS) is 1. The van der Waals surface area contributed by atoms with Crippen LogP contribution < -0.4 is 5.73 Å². The van der Waals surface area contributed by atoms with Crippen molar-refractivity contribution in [3.8, 4) is 0 Å². The molecule has 0 saturated carbocycles. The number of aliphatic carboxylic acids is 1. The Morgan fingerprint density at radius 3 is 2.28 bits per heavy atom. The van der Waals surface area contributed by atoms with E-state index in [0.717, 1.165) is 12.0 Å². The Morgan fingerprint density at radius 1 is 1.33 bits per heavy atom. The van der Waals surface area contributed by atoms with Gasteiger partial charge < -0.3 is 10.8 Å². The number of rotatable bonds is 6. The van der Waals surface area contributed by atoms with Gasteiger partial charge in [0.25, 0.3) is 0 Å². The normalized spacial score (nSPS) is 14.2. The SMILES string of the molecule is CCC(CC(CN)C(=O)O)c1cc(Cl)cc(Cl)c1. The van der Waals surface area contributed by atoms with Crippen molar-refractivity contribution in [3.63, 3.8) is 0 Å². The van der Waals surface area contributed by atoms with Crippen LogP contribution in [0.5, 0.6) is 0 Å². The van der Waals surface area contributed by atoms with Crippen molar-refractivity contribution >= 4 is 29.2 Å². The molecule has 0 amide bonds. The van der Waals surface area contributed by atoms with E-state index in [1.54, 1.807) is 6.07 Å². The molecule has 0 fully saturated rings. The maximum Gasteiger partial charge on any atom is 0.307 e. The molecule has 0 aliphatic heterocycles. The number of nitrogens with two attached hydrogens (primary N) is 1. The van der Waals surface area contributed by atoms with Gasteiger partial charge in [0.05, 0.1) is 5.92 Å². The van der Waals surface area contributed by atoms with Crippen molar-refractivity contribution < 1.29 is 9.90 Å². The topological polar surface area (TPSA) is 63.3 Å². The molecule has 0 saturated heterocycles. The summed E-state index contributed by atoms with van der Waals surface area (Å²) < 4.78 is 0. The lowest BCUT2D eigenvalue weighted by molar-refractivity contribution is -0.141. The predicted octanol–water partition coefficient (Wildman–Crippen LogP) is 3.54. The minimum Gasteiger partial charge on any atom is -0.481 e. The van der Waals surface area contributed by atoms with Crippen LogP contribution in [0.3, 0.4) is 0 Å². The molecule has 1 rings (SSSR count). The molecule has 0 aromatic heterocycles. The lowest BCUT2D eigenvalue weighted by Crippen LogP contribution is -2.25. The van der Waals surface area contributed by atoms with Crippen molar-refractivity contribution in [3.05, 3.63) is 33.8 Å². The van der Waals surface area contributed by atoms with Gasteiger partial charge in [-0.3, -0.25) is 4.79 Å². The summed E-state index contributed by atoms with van der Waals surface area (Å²) in [5, 5.41) is 10.2. The molecule has 1 aromatic rings. The molecule has 5 heteroatoms. The highest BCUT2D eigenvalue weighted by Crippen LogP contribution is 2.31. The maximum absolute atomic E-state index is 11.0. The second-order valence-electron chi connectivity index (χ2n) is 4.31. The molecule has 3 N–H and O–H groups in total. The van der Waals surface area contributed by atoms with Gasteiger partial charge in [-0.25, -0.2) is 0 Å². The zero-order valence-corrected chi connectivity index (χ0v) is 11.7. The maximum atomic E-state index is 11.0. The van der Waals surface area contributed by atoms with Gasteiger partial charge in [-0.15, -0.1) is 0 Å². The quantitative estimate of drug-likeness (QED) is 0.842. The number of carboxylic acids is 1. The third kappa shape index (κ3) is 4.16. The number of carbonyl (C=O) groups is 1. The van der Waals surface area contributed by atoms with E-state index in [1.165, 1.54) is 0 Å². The van der Waals surface area contributed by atoms with Crippen molar-refractivity contribution in [1.82, 2.24) is 0 Å². The first-order valence-electron chi connectivity index (χ1n) is 5.86. The Balaban J connectivity index is 2.91. The molecular weight excluding hydrogens is 273 g/mol. The van der Waals surface area contributed by atoms with Gasteiger partial charge >= 0.3 is 5.97 Å². The molecule has 18 heavy (non-hydrogen) atoms. The summed E-state index contributed by atoms with van der Waals surface area (Å²) in [4.78, 5) is 11.0. The zero-order chi connectivity index (χ0) is 13.7. The highest BCUT2D eigenvalue weighted by atomic mass is 35.5. The lowest BCUT2D eigenvalue weighted by atomic mass is 9.87. The first-order valence-corrected chi connectivity index (χ1v) is 6.62. The number of halogens is 2. The first-order chi connectivity index (χ1) is 8.47. The van der Waals surface area contributed by atoms with Crippen molar-refractivity contribution in [1.29, 1.82) is 0 Å². The summed E-state index contributed by atoms with van der Waals surface area (Å²) in [6.45, 7) is 2.15. The molecule has 0 spiro atoms. The summed E-state index contributed by atoms with van der Waals surface area (Å²) in [6.07, 6.45) is 1.32. The molecule has 1 aromatic carbocycles. The van der Waals surface area contributed by atoms with Crippen molar-refractivity contribution in [2.24, 2.45) is 11.7 Å². The van der Waals surface area contributed by atoms with E-state index in [1.807, 2.05) is 19.1 Å². The van der Waals surface area contributed by atoms with E-state index in [-0.39, 0.29) is 12.5 Å². The lowest BCUT2D eigenvalue weighted by Gasteiger charge is -2.19. The second kappa shape index (κ2) is 6.98. The van der Waals surface area contributed by atoms with Gasteiger partial charge in [0.15, 0.2) is 0 Å². The molecule has 2 atom stereocenters. The van der Waals surface area contributed by atoms with E-state index in [4.69, 9.17) is 34.0 Å². The Labute approximate surface area is 117 Å². The summed E-state index contributed by atoms with van der Waals surface area (Å²) in [7, 11) is 0. The van der Waals surface area contributed by atoms with E-state index >= 15 is 0 Å². The third-order valence-electron chi connectivity index (χ3n) is 3.05. The van der Waals surface area contributed by atoms with Crippen LogP contribution in [-0.4, -0.2) is 17.6 Å². The smallest absolute Gasteiger partial charge is 0.307 e. The molecule has 3 nitrogen and oxygen atoms in total. The highest BCUT2D eigenvalue weighted by Gasteiger charge is 2.21. The molecular formula is C13H17Cl2NO2. The summed E-state index contributed by atoms with van der Waals surface area (Å²) in [5.74, 6) is -1.29. The fourth-order valence-electron chi connectivity index (χ4n) is 1.99. The highest BCUT2D eigenvalue weighted by molar-refractivity contribution is 6.34. The number of hydrogen-bond donors (Lipinski definition) is 2. The molecule has 2 unspecified atom stereocenters. The van der Waals surface area contributed by atoms with Gasteiger partial charge in [-0.05, 0) is 42.5 Å². The van der Waals surface area contributed by atoms with Gasteiger partial charge in [-0.2, -0.15) is 0 Å². The summed E-state index contributed by atoms with van der Waals surface area (Å²) in [6, 6.07) is 5.32. The molecule has 0 bridgehead atoms. The van der Waals surface area contributed by atoms with E-state index in [2.05, 4.69) is 0 Å². The molecule has 0 aliphatic rings. The Kier molecular flexibility index (Phi) is 5.93. The van der Waals surface area contributed by atoms with Crippen LogP contribution in [0.15, 0.2) is 18.2 Å². The average Bonchev–Trinajstić information content (AvgIpc) is 2.28. The van der Waals surface area contributed by atoms with Crippen LogP contribution in [-0.2, 0) is 4.79 Å². The number of benzene rings is 1. The van der Waals surface area contributed by atoms with E-state index in [9.17, 15) is 4.79 Å². The molecule has 100 valence electrons. The Hall–Kier alpha value is -0.770. The molecule has 0 heterocycles. The Bertz CT molecular complexity index is 403. The Morgan fingerprint density at radius 2 is 1.89 bits per heavy atom. The zero-order valence-electron chi connectivity index (χ0n) is 10.2. The summed E-state index contributed by atoms with van der Waals surface area (Å²) in [5.41, 5.74) is 6.45. The van der Waals surface area contributed by atoms with Crippen LogP contribution in [0.2, 0.25) is 10.0 Å². The minimum atomic E-state index is -0.857. The van der Waals surface area contributed by atoms with Crippen LogP contribution >= 0.6 is 23.2 Å². The standard InChI is InChI=1S/C13H17Cl2NO2/c1-2-8(3-10(7-16)13(17)18)9-4-11(14)6-12(15)5-9/h4-6,8,10H,2-3,7,16H2,1H3,(H,17,18). The average molecular weight is 290 g/mol. The predicted molar refractivity (Wildman–Crippen MR) is 74.3 cm³/mol. The van der Waals surface area contributed by atoms with Crippen molar-refractivity contribution in [2.75, 3.05) is 6.54 Å². The van der Waals surface area contributed by atoms with Crippen LogP contribution in [0.4, 0.5) is 0 Å². The summed E-state index contributed by atoms with van der Waals surface area (Å²) >= 11 is 11.9. The van der Waals surface area contributed by atoms with Crippen molar-refractivity contribution in [2.45, 2.75) is 25.7 Å². The molecule has 0 radical (unpaired) electrons. The first kappa shape index (κ1) is 15.3. The van der Waals surface area contributed by atoms with Crippen LogP contribution in [0.25, 0.3) is 0 Å². The second-order valence-corrected chi connectivity index (χ2v) is 5.19. The van der Waals surface area contributed by atoms with Crippen LogP contribution in [0, 0.1) is 5.92 Å². The largest absolute Gasteiger partial charge is 0.481 e. The molecule has 0 aliphatic carbocycles. The fraction of sp³-hybridized carbons (Fsp3) is 0.462. The van der Waals surface area contributed by atoms with E-state index < -0.39 is 11.9 Å². The number of hydrogen-bond acceptors (Lipinski definition) is 2. The van der Waals surface area contributed by atoms with Gasteiger partial charge in [-0.1, -0.05) is 30.1 Å².